The molecule has 0 fully saturated rings. The number of halogens is 1. The van der Waals surface area contributed by atoms with Gasteiger partial charge in [0.1, 0.15) is 5.75 Å². The van der Waals surface area contributed by atoms with E-state index in [4.69, 9.17) is 4.74 Å². The summed E-state index contributed by atoms with van der Waals surface area (Å²) < 4.78 is 5.60. The van der Waals surface area contributed by atoms with Crippen molar-refractivity contribution in [2.24, 2.45) is 0 Å². The second-order valence-electron chi connectivity index (χ2n) is 4.63. The first-order chi connectivity index (χ1) is 7.59. The van der Waals surface area contributed by atoms with Crippen molar-refractivity contribution in [1.82, 2.24) is 5.32 Å². The van der Waals surface area contributed by atoms with Gasteiger partial charge in [-0.3, -0.25) is 0 Å². The lowest BCUT2D eigenvalue weighted by molar-refractivity contribution is 0.328. The average Bonchev–Trinajstić information content (AvgIpc) is 2.28. The topological polar surface area (TPSA) is 21.3 Å². The van der Waals surface area contributed by atoms with Gasteiger partial charge >= 0.3 is 0 Å². The fraction of sp³-hybridized carbons (Fsp3) is 0.571. The molecule has 0 saturated heterocycles. The Balaban J connectivity index is 0.00000256. The van der Waals surface area contributed by atoms with Crippen LogP contribution in [0.5, 0.6) is 5.75 Å². The molecule has 0 spiro atoms. The first-order valence-corrected chi connectivity index (χ1v) is 6.05. The molecule has 0 heterocycles. The average molecular weight is 258 g/mol. The fourth-order valence-electron chi connectivity index (χ4n) is 1.41. The number of benzene rings is 1. The molecule has 0 aliphatic rings. The van der Waals surface area contributed by atoms with Gasteiger partial charge in [0.2, 0.25) is 0 Å². The van der Waals surface area contributed by atoms with E-state index >= 15 is 0 Å². The highest BCUT2D eigenvalue weighted by Gasteiger charge is 2.14. The van der Waals surface area contributed by atoms with Crippen molar-refractivity contribution >= 4 is 12.4 Å². The van der Waals surface area contributed by atoms with Gasteiger partial charge in [0.05, 0.1) is 6.61 Å². The molecule has 0 aliphatic heterocycles. The molecule has 17 heavy (non-hydrogen) atoms. The second kappa shape index (κ2) is 7.57. The van der Waals surface area contributed by atoms with Crippen molar-refractivity contribution in [3.63, 3.8) is 0 Å². The van der Waals surface area contributed by atoms with Crippen LogP contribution >= 0.6 is 12.4 Å². The molecule has 1 aromatic rings. The Morgan fingerprint density at radius 2 is 1.82 bits per heavy atom. The van der Waals surface area contributed by atoms with Crippen LogP contribution in [0.2, 0.25) is 0 Å². The summed E-state index contributed by atoms with van der Waals surface area (Å²) in [5, 5.41) is 3.54. The fourth-order valence-corrected chi connectivity index (χ4v) is 1.41. The summed E-state index contributed by atoms with van der Waals surface area (Å²) in [6, 6.07) is 8.21. The standard InChI is InChI=1S/C14H23NO.ClH/c1-5-14(3,4)15-11-12-9-7-8-10-13(12)16-6-2;/h7-10,15H,5-6,11H2,1-4H3;1H. The maximum absolute atomic E-state index is 5.60. The predicted molar refractivity (Wildman–Crippen MR) is 76.1 cm³/mol. The van der Waals surface area contributed by atoms with Crippen molar-refractivity contribution in [2.45, 2.75) is 46.2 Å². The maximum atomic E-state index is 5.60. The van der Waals surface area contributed by atoms with E-state index in [1.165, 1.54) is 5.56 Å². The van der Waals surface area contributed by atoms with Gasteiger partial charge in [-0.05, 0) is 33.3 Å². The molecule has 1 rings (SSSR count). The lowest BCUT2D eigenvalue weighted by atomic mass is 10.0. The maximum Gasteiger partial charge on any atom is 0.123 e. The largest absolute Gasteiger partial charge is 0.494 e. The third kappa shape index (κ3) is 5.42. The number of hydrogen-bond acceptors (Lipinski definition) is 2. The zero-order valence-electron chi connectivity index (χ0n) is 11.2. The number of para-hydroxylation sites is 1. The molecule has 1 N–H and O–H groups in total. The molecule has 0 aliphatic carbocycles. The smallest absolute Gasteiger partial charge is 0.123 e. The van der Waals surface area contributed by atoms with Crippen molar-refractivity contribution in [2.75, 3.05) is 6.61 Å². The van der Waals surface area contributed by atoms with Crippen LogP contribution in [0.3, 0.4) is 0 Å². The highest BCUT2D eigenvalue weighted by atomic mass is 35.5. The van der Waals surface area contributed by atoms with Crippen LogP contribution in [0.25, 0.3) is 0 Å². The lowest BCUT2D eigenvalue weighted by Gasteiger charge is -2.25. The van der Waals surface area contributed by atoms with Crippen molar-refractivity contribution in [3.8, 4) is 5.75 Å². The Hall–Kier alpha value is -0.730. The summed E-state index contributed by atoms with van der Waals surface area (Å²) in [6.07, 6.45) is 1.11. The number of ether oxygens (including phenoxy) is 1. The molecular formula is C14H24ClNO. The SMILES string of the molecule is CCOc1ccccc1CNC(C)(C)CC.Cl. The Morgan fingerprint density at radius 1 is 1.18 bits per heavy atom. The molecule has 2 nitrogen and oxygen atoms in total. The van der Waals surface area contributed by atoms with Gasteiger partial charge < -0.3 is 10.1 Å². The Kier molecular flexibility index (Phi) is 7.24. The van der Waals surface area contributed by atoms with Crippen molar-refractivity contribution in [1.29, 1.82) is 0 Å². The summed E-state index contributed by atoms with van der Waals surface area (Å²) in [5.74, 6) is 0.990. The van der Waals surface area contributed by atoms with E-state index in [1.54, 1.807) is 0 Å². The zero-order valence-corrected chi connectivity index (χ0v) is 12.1. The van der Waals surface area contributed by atoms with Gasteiger partial charge in [0.15, 0.2) is 0 Å². The Labute approximate surface area is 111 Å². The van der Waals surface area contributed by atoms with E-state index in [9.17, 15) is 0 Å². The molecule has 3 heteroatoms. The highest BCUT2D eigenvalue weighted by Crippen LogP contribution is 2.19. The summed E-state index contributed by atoms with van der Waals surface area (Å²) in [6.45, 7) is 10.2. The third-order valence-electron chi connectivity index (χ3n) is 2.91. The molecule has 0 atom stereocenters. The van der Waals surface area contributed by atoms with Crippen LogP contribution in [0, 0.1) is 0 Å². The van der Waals surface area contributed by atoms with Crippen molar-refractivity contribution < 1.29 is 4.74 Å². The predicted octanol–water partition coefficient (Wildman–Crippen LogP) is 3.79. The van der Waals surface area contributed by atoms with Gasteiger partial charge in [-0.15, -0.1) is 12.4 Å². The Bertz CT molecular complexity index is 326. The first kappa shape index (κ1) is 16.3. The van der Waals surface area contributed by atoms with Crippen LogP contribution in [0.1, 0.15) is 39.7 Å². The van der Waals surface area contributed by atoms with Gasteiger partial charge in [-0.1, -0.05) is 25.1 Å². The zero-order chi connectivity index (χ0) is 12.0. The molecular weight excluding hydrogens is 234 g/mol. The van der Waals surface area contributed by atoms with Crippen LogP contribution in [0.4, 0.5) is 0 Å². The van der Waals surface area contributed by atoms with Gasteiger partial charge in [0.25, 0.3) is 0 Å². The normalized spacial score (nSPS) is 10.8. The third-order valence-corrected chi connectivity index (χ3v) is 2.91. The van der Waals surface area contributed by atoms with E-state index in [-0.39, 0.29) is 17.9 Å². The lowest BCUT2D eigenvalue weighted by Crippen LogP contribution is -2.37. The number of hydrogen-bond donors (Lipinski definition) is 1. The van der Waals surface area contributed by atoms with Gasteiger partial charge in [-0.2, -0.15) is 0 Å². The van der Waals surface area contributed by atoms with E-state index < -0.39 is 0 Å². The van der Waals surface area contributed by atoms with E-state index in [2.05, 4.69) is 38.2 Å². The van der Waals surface area contributed by atoms with Crippen LogP contribution in [0.15, 0.2) is 24.3 Å². The number of nitrogens with one attached hydrogen (secondary N) is 1. The van der Waals surface area contributed by atoms with Gasteiger partial charge in [-0.25, -0.2) is 0 Å². The summed E-state index contributed by atoms with van der Waals surface area (Å²) >= 11 is 0. The van der Waals surface area contributed by atoms with Crippen LogP contribution < -0.4 is 10.1 Å². The minimum Gasteiger partial charge on any atom is -0.494 e. The first-order valence-electron chi connectivity index (χ1n) is 6.05. The molecule has 0 unspecified atom stereocenters. The molecule has 0 bridgehead atoms. The van der Waals surface area contributed by atoms with E-state index in [0.717, 1.165) is 18.7 Å². The monoisotopic (exact) mass is 257 g/mol. The Morgan fingerprint density at radius 3 is 2.41 bits per heavy atom. The number of rotatable bonds is 6. The van der Waals surface area contributed by atoms with Crippen LogP contribution in [-0.4, -0.2) is 12.1 Å². The molecule has 0 saturated carbocycles. The second-order valence-corrected chi connectivity index (χ2v) is 4.63. The minimum absolute atomic E-state index is 0. The highest BCUT2D eigenvalue weighted by molar-refractivity contribution is 5.85. The van der Waals surface area contributed by atoms with Gasteiger partial charge in [0, 0.05) is 17.6 Å². The molecule has 0 radical (unpaired) electrons. The van der Waals surface area contributed by atoms with Crippen molar-refractivity contribution in [3.05, 3.63) is 29.8 Å². The molecule has 0 aromatic heterocycles. The summed E-state index contributed by atoms with van der Waals surface area (Å²) in [7, 11) is 0. The summed E-state index contributed by atoms with van der Waals surface area (Å²) in [5.41, 5.74) is 1.41. The van der Waals surface area contributed by atoms with E-state index in [1.807, 2.05) is 19.1 Å². The quantitative estimate of drug-likeness (QED) is 0.837. The molecule has 1 aromatic carbocycles. The van der Waals surface area contributed by atoms with Crippen LogP contribution in [-0.2, 0) is 6.54 Å². The molecule has 98 valence electrons. The van der Waals surface area contributed by atoms with E-state index in [0.29, 0.717) is 6.61 Å². The minimum atomic E-state index is 0. The molecule has 0 amide bonds. The summed E-state index contributed by atoms with van der Waals surface area (Å²) in [4.78, 5) is 0.